The van der Waals surface area contributed by atoms with E-state index in [1.807, 2.05) is 38.1 Å². The molecular weight excluding hydrogens is 294 g/mol. The Morgan fingerprint density at radius 1 is 1.26 bits per heavy atom. The minimum absolute atomic E-state index is 0.289. The van der Waals surface area contributed by atoms with E-state index in [-0.39, 0.29) is 6.03 Å². The van der Waals surface area contributed by atoms with E-state index < -0.39 is 0 Å². The fourth-order valence-electron chi connectivity index (χ4n) is 2.08. The van der Waals surface area contributed by atoms with Gasteiger partial charge in [-0.05, 0) is 38.1 Å². The molecule has 23 heavy (non-hydrogen) atoms. The third kappa shape index (κ3) is 3.60. The van der Waals surface area contributed by atoms with Crippen LogP contribution in [0.1, 0.15) is 17.0 Å². The fourth-order valence-corrected chi connectivity index (χ4v) is 2.08. The van der Waals surface area contributed by atoms with E-state index in [4.69, 9.17) is 8.83 Å². The number of amides is 2. The summed E-state index contributed by atoms with van der Waals surface area (Å²) in [6.45, 7) is 4.17. The van der Waals surface area contributed by atoms with E-state index in [0.717, 1.165) is 22.6 Å². The standard InChI is InChI=1S/C17H17N3O3/c1-11-12(2)23-16(19-11)14-4-3-5-15(8-14)20-17(21)18-9-13-6-7-22-10-13/h3-8,10H,9H2,1-2H3,(H2,18,20,21). The van der Waals surface area contributed by atoms with E-state index >= 15 is 0 Å². The molecule has 118 valence electrons. The molecule has 0 aliphatic carbocycles. The van der Waals surface area contributed by atoms with E-state index in [2.05, 4.69) is 15.6 Å². The first kappa shape index (κ1) is 14.9. The number of carbonyl (C=O) groups excluding carboxylic acids is 1. The van der Waals surface area contributed by atoms with Crippen molar-refractivity contribution >= 4 is 11.7 Å². The summed E-state index contributed by atoms with van der Waals surface area (Å²) >= 11 is 0. The van der Waals surface area contributed by atoms with Crippen LogP contribution in [0.4, 0.5) is 10.5 Å². The van der Waals surface area contributed by atoms with Crippen LogP contribution >= 0.6 is 0 Å². The molecule has 0 spiro atoms. The molecular formula is C17H17N3O3. The van der Waals surface area contributed by atoms with Gasteiger partial charge in [0.05, 0.1) is 18.2 Å². The maximum atomic E-state index is 11.9. The Labute approximate surface area is 133 Å². The Morgan fingerprint density at radius 2 is 2.13 bits per heavy atom. The van der Waals surface area contributed by atoms with Crippen LogP contribution < -0.4 is 10.6 Å². The monoisotopic (exact) mass is 311 g/mol. The van der Waals surface area contributed by atoms with Gasteiger partial charge in [0.25, 0.3) is 0 Å². The third-order valence-corrected chi connectivity index (χ3v) is 3.43. The third-order valence-electron chi connectivity index (χ3n) is 3.43. The summed E-state index contributed by atoms with van der Waals surface area (Å²) in [5.74, 6) is 1.33. The Kier molecular flexibility index (Phi) is 4.14. The molecule has 2 heterocycles. The van der Waals surface area contributed by atoms with Gasteiger partial charge in [-0.25, -0.2) is 9.78 Å². The molecule has 0 saturated heterocycles. The number of nitrogens with one attached hydrogen (secondary N) is 2. The van der Waals surface area contributed by atoms with Gasteiger partial charge >= 0.3 is 6.03 Å². The van der Waals surface area contributed by atoms with Gasteiger partial charge in [-0.2, -0.15) is 0 Å². The number of anilines is 1. The van der Waals surface area contributed by atoms with Crippen LogP contribution in [0.3, 0.4) is 0 Å². The molecule has 1 aromatic carbocycles. The van der Waals surface area contributed by atoms with Crippen LogP contribution in [-0.4, -0.2) is 11.0 Å². The van der Waals surface area contributed by atoms with Crippen molar-refractivity contribution in [2.75, 3.05) is 5.32 Å². The van der Waals surface area contributed by atoms with Crippen molar-refractivity contribution in [1.82, 2.24) is 10.3 Å². The molecule has 6 nitrogen and oxygen atoms in total. The SMILES string of the molecule is Cc1nc(-c2cccc(NC(=O)NCc3ccoc3)c2)oc1C. The summed E-state index contributed by atoms with van der Waals surface area (Å²) in [6, 6.07) is 8.87. The summed E-state index contributed by atoms with van der Waals surface area (Å²) in [6.07, 6.45) is 3.16. The molecule has 0 bridgehead atoms. The molecule has 0 aliphatic heterocycles. The van der Waals surface area contributed by atoms with Gasteiger partial charge < -0.3 is 19.5 Å². The lowest BCUT2D eigenvalue weighted by molar-refractivity contribution is 0.251. The van der Waals surface area contributed by atoms with Gasteiger partial charge in [0.1, 0.15) is 5.76 Å². The highest BCUT2D eigenvalue weighted by Crippen LogP contribution is 2.23. The Bertz CT molecular complexity index is 787. The Hall–Kier alpha value is -3.02. The predicted molar refractivity (Wildman–Crippen MR) is 86.0 cm³/mol. The van der Waals surface area contributed by atoms with Crippen molar-refractivity contribution in [3.8, 4) is 11.5 Å². The smallest absolute Gasteiger partial charge is 0.319 e. The first-order valence-electron chi connectivity index (χ1n) is 7.22. The molecule has 2 N–H and O–H groups in total. The minimum atomic E-state index is -0.289. The molecule has 0 radical (unpaired) electrons. The highest BCUT2D eigenvalue weighted by Gasteiger charge is 2.09. The summed E-state index contributed by atoms with van der Waals surface area (Å²) in [4.78, 5) is 16.3. The molecule has 0 atom stereocenters. The molecule has 3 rings (SSSR count). The summed E-state index contributed by atoms with van der Waals surface area (Å²) < 4.78 is 10.6. The van der Waals surface area contributed by atoms with Crippen molar-refractivity contribution in [2.24, 2.45) is 0 Å². The maximum absolute atomic E-state index is 11.9. The second-order valence-electron chi connectivity index (χ2n) is 5.18. The normalized spacial score (nSPS) is 10.5. The maximum Gasteiger partial charge on any atom is 0.319 e. The van der Waals surface area contributed by atoms with Gasteiger partial charge in [-0.15, -0.1) is 0 Å². The second kappa shape index (κ2) is 6.39. The van der Waals surface area contributed by atoms with E-state index in [9.17, 15) is 4.79 Å². The second-order valence-corrected chi connectivity index (χ2v) is 5.18. The van der Waals surface area contributed by atoms with Crippen LogP contribution in [0.2, 0.25) is 0 Å². The molecule has 6 heteroatoms. The van der Waals surface area contributed by atoms with E-state index in [1.165, 1.54) is 0 Å². The number of furan rings is 1. The number of benzene rings is 1. The van der Waals surface area contributed by atoms with Crippen molar-refractivity contribution in [1.29, 1.82) is 0 Å². The number of nitrogens with zero attached hydrogens (tertiary/aromatic N) is 1. The van der Waals surface area contributed by atoms with Crippen molar-refractivity contribution in [3.63, 3.8) is 0 Å². The number of urea groups is 1. The Balaban J connectivity index is 1.66. The minimum Gasteiger partial charge on any atom is -0.472 e. The Morgan fingerprint density at radius 3 is 2.83 bits per heavy atom. The van der Waals surface area contributed by atoms with E-state index in [0.29, 0.717) is 18.1 Å². The number of aryl methyl sites for hydroxylation is 2. The first-order chi connectivity index (χ1) is 11.1. The van der Waals surface area contributed by atoms with Crippen LogP contribution in [0.25, 0.3) is 11.5 Å². The number of hydrogen-bond donors (Lipinski definition) is 2. The van der Waals surface area contributed by atoms with E-state index in [1.54, 1.807) is 18.6 Å². The molecule has 0 saturated carbocycles. The molecule has 0 aliphatic rings. The zero-order valence-corrected chi connectivity index (χ0v) is 12.9. The predicted octanol–water partition coefficient (Wildman–Crippen LogP) is 3.87. The van der Waals surface area contributed by atoms with Gasteiger partial charge in [-0.1, -0.05) is 6.07 Å². The quantitative estimate of drug-likeness (QED) is 0.766. The number of hydrogen-bond acceptors (Lipinski definition) is 4. The zero-order chi connectivity index (χ0) is 16.2. The topological polar surface area (TPSA) is 80.3 Å². The molecule has 0 unspecified atom stereocenters. The highest BCUT2D eigenvalue weighted by molar-refractivity contribution is 5.89. The van der Waals surface area contributed by atoms with Crippen LogP contribution in [0.15, 0.2) is 51.7 Å². The highest BCUT2D eigenvalue weighted by atomic mass is 16.4. The van der Waals surface area contributed by atoms with Crippen molar-refractivity contribution in [2.45, 2.75) is 20.4 Å². The van der Waals surface area contributed by atoms with Gasteiger partial charge in [0.15, 0.2) is 0 Å². The van der Waals surface area contributed by atoms with Crippen LogP contribution in [-0.2, 0) is 6.54 Å². The first-order valence-corrected chi connectivity index (χ1v) is 7.22. The average Bonchev–Trinajstić information content (AvgIpc) is 3.16. The number of rotatable bonds is 4. The zero-order valence-electron chi connectivity index (χ0n) is 12.9. The largest absolute Gasteiger partial charge is 0.472 e. The van der Waals surface area contributed by atoms with Crippen molar-refractivity contribution in [3.05, 3.63) is 59.9 Å². The number of aromatic nitrogens is 1. The summed E-state index contributed by atoms with van der Waals surface area (Å²) in [5.41, 5.74) is 3.24. The summed E-state index contributed by atoms with van der Waals surface area (Å²) in [5, 5.41) is 5.54. The molecule has 2 amide bonds. The molecule has 3 aromatic rings. The van der Waals surface area contributed by atoms with Crippen LogP contribution in [0, 0.1) is 13.8 Å². The summed E-state index contributed by atoms with van der Waals surface area (Å²) in [7, 11) is 0. The van der Waals surface area contributed by atoms with Crippen LogP contribution in [0.5, 0.6) is 0 Å². The number of oxazole rings is 1. The lowest BCUT2D eigenvalue weighted by Crippen LogP contribution is -2.27. The fraction of sp³-hybridized carbons (Fsp3) is 0.176. The molecule has 2 aromatic heterocycles. The lowest BCUT2D eigenvalue weighted by Gasteiger charge is -2.07. The van der Waals surface area contributed by atoms with Gasteiger partial charge in [-0.3, -0.25) is 0 Å². The number of carbonyl (C=O) groups is 1. The van der Waals surface area contributed by atoms with Gasteiger partial charge in [0, 0.05) is 23.4 Å². The lowest BCUT2D eigenvalue weighted by atomic mass is 10.2. The average molecular weight is 311 g/mol. The van der Waals surface area contributed by atoms with Crippen molar-refractivity contribution < 1.29 is 13.6 Å². The van der Waals surface area contributed by atoms with Gasteiger partial charge in [0.2, 0.25) is 5.89 Å². The molecule has 0 fully saturated rings.